The Morgan fingerprint density at radius 3 is 2.22 bits per heavy atom. The molecule has 0 aliphatic heterocycles. The largest absolute Gasteiger partial charge is 0.467 e. The molecule has 0 radical (unpaired) electrons. The molecule has 10 heteroatoms. The number of benzene rings is 2. The van der Waals surface area contributed by atoms with Gasteiger partial charge in [0, 0.05) is 4.90 Å². The monoisotopic (exact) mass is 454 g/mol. The van der Waals surface area contributed by atoms with E-state index in [-0.39, 0.29) is 18.6 Å². The van der Waals surface area contributed by atoms with Crippen LogP contribution < -0.4 is 14.8 Å². The third-order valence-electron chi connectivity index (χ3n) is 4.20. The Labute approximate surface area is 189 Å². The summed E-state index contributed by atoms with van der Waals surface area (Å²) in [5.74, 6) is -0.954. The Morgan fingerprint density at radius 1 is 0.938 bits per heavy atom. The molecule has 32 heavy (non-hydrogen) atoms. The maximum Gasteiger partial charge on any atom is 0.328 e. The molecule has 2 aromatic carbocycles. The third kappa shape index (κ3) is 6.17. The molecule has 1 N–H and O–H groups in total. The van der Waals surface area contributed by atoms with Crippen molar-refractivity contribution in [1.82, 2.24) is 20.3 Å². The molecule has 1 heterocycles. The summed E-state index contributed by atoms with van der Waals surface area (Å²) in [4.78, 5) is 38.0. The summed E-state index contributed by atoms with van der Waals surface area (Å²) in [5.41, 5.74) is 1.22. The average molecular weight is 455 g/mol. The Balaban J connectivity index is 1.68. The predicted molar refractivity (Wildman–Crippen MR) is 117 cm³/mol. The first-order valence-corrected chi connectivity index (χ1v) is 10.4. The molecule has 0 spiro atoms. The van der Waals surface area contributed by atoms with E-state index < -0.39 is 17.9 Å². The molecular weight excluding hydrogens is 432 g/mol. The molecule has 9 nitrogen and oxygen atoms in total. The second-order valence-electron chi connectivity index (χ2n) is 6.48. The van der Waals surface area contributed by atoms with Gasteiger partial charge in [-0.15, -0.1) is 4.98 Å². The fourth-order valence-corrected chi connectivity index (χ4v) is 3.44. The molecule has 0 saturated carbocycles. The summed E-state index contributed by atoms with van der Waals surface area (Å²) in [6.07, 6.45) is 0. The number of hydrogen-bond acceptors (Lipinski definition) is 9. The van der Waals surface area contributed by atoms with Crippen molar-refractivity contribution in [2.75, 3.05) is 14.2 Å². The third-order valence-corrected chi connectivity index (χ3v) is 5.14. The van der Waals surface area contributed by atoms with Crippen molar-refractivity contribution < 1.29 is 23.8 Å². The summed E-state index contributed by atoms with van der Waals surface area (Å²) in [5, 5.41) is 2.97. The minimum atomic E-state index is -0.832. The Morgan fingerprint density at radius 2 is 1.56 bits per heavy atom. The number of methoxy groups -OCH3 is 2. The topological polar surface area (TPSA) is 113 Å². The van der Waals surface area contributed by atoms with E-state index >= 15 is 0 Å². The van der Waals surface area contributed by atoms with Crippen LogP contribution in [0.2, 0.25) is 0 Å². The number of nitrogens with one attached hydrogen (secondary N) is 1. The summed E-state index contributed by atoms with van der Waals surface area (Å²) in [7, 11) is 2.87. The molecular formula is C22H22N4O5S. The molecule has 1 aromatic heterocycles. The van der Waals surface area contributed by atoms with Crippen LogP contribution in [0, 0.1) is 0 Å². The zero-order valence-electron chi connectivity index (χ0n) is 17.8. The fourth-order valence-electron chi connectivity index (χ4n) is 2.58. The summed E-state index contributed by atoms with van der Waals surface area (Å²) >= 11 is 1.15. The van der Waals surface area contributed by atoms with Crippen molar-refractivity contribution in [3.05, 3.63) is 65.7 Å². The van der Waals surface area contributed by atoms with Crippen molar-refractivity contribution >= 4 is 23.6 Å². The van der Waals surface area contributed by atoms with E-state index in [0.29, 0.717) is 15.6 Å². The lowest BCUT2D eigenvalue weighted by Crippen LogP contribution is -2.39. The van der Waals surface area contributed by atoms with Crippen LogP contribution in [0.3, 0.4) is 0 Å². The molecule has 3 rings (SSSR count). The Kier molecular flexibility index (Phi) is 7.98. The number of carbonyl (C=O) groups is 2. The van der Waals surface area contributed by atoms with Crippen LogP contribution in [0.15, 0.2) is 64.6 Å². The smallest absolute Gasteiger partial charge is 0.328 e. The second kappa shape index (κ2) is 11.1. The highest BCUT2D eigenvalue weighted by molar-refractivity contribution is 7.99. The second-order valence-corrected chi connectivity index (χ2v) is 7.49. The molecule has 1 atom stereocenters. The van der Waals surface area contributed by atoms with Gasteiger partial charge in [0.15, 0.2) is 0 Å². The summed E-state index contributed by atoms with van der Waals surface area (Å²) in [6.45, 7) is 1.71. The van der Waals surface area contributed by atoms with E-state index in [0.717, 1.165) is 17.3 Å². The highest BCUT2D eigenvalue weighted by atomic mass is 32.2. The Hall–Kier alpha value is -3.66. The van der Waals surface area contributed by atoms with Crippen LogP contribution >= 0.6 is 11.8 Å². The lowest BCUT2D eigenvalue weighted by Gasteiger charge is -2.15. The summed E-state index contributed by atoms with van der Waals surface area (Å²) < 4.78 is 15.4. The minimum Gasteiger partial charge on any atom is -0.467 e. The average Bonchev–Trinajstić information content (AvgIpc) is 2.83. The molecule has 0 fully saturated rings. The van der Waals surface area contributed by atoms with Gasteiger partial charge in [-0.05, 0) is 36.4 Å². The van der Waals surface area contributed by atoms with E-state index in [1.54, 1.807) is 31.2 Å². The van der Waals surface area contributed by atoms with Gasteiger partial charge in [-0.25, -0.2) is 4.79 Å². The van der Waals surface area contributed by atoms with Crippen LogP contribution in [0.5, 0.6) is 12.0 Å². The molecule has 0 unspecified atom stereocenters. The number of carbonyl (C=O) groups excluding carboxylic acids is 2. The van der Waals surface area contributed by atoms with Gasteiger partial charge < -0.3 is 19.5 Å². The fraction of sp³-hybridized carbons (Fsp3) is 0.227. The highest BCUT2D eigenvalue weighted by Crippen LogP contribution is 2.29. The van der Waals surface area contributed by atoms with Crippen LogP contribution in [0.25, 0.3) is 0 Å². The van der Waals surface area contributed by atoms with Crippen LogP contribution in [0.1, 0.15) is 22.8 Å². The molecule has 0 aliphatic rings. The van der Waals surface area contributed by atoms with E-state index in [9.17, 15) is 9.59 Å². The van der Waals surface area contributed by atoms with Crippen LogP contribution in [0.4, 0.5) is 0 Å². The number of ether oxygens (including phenoxy) is 3. The van der Waals surface area contributed by atoms with Crippen molar-refractivity contribution in [3.63, 3.8) is 0 Å². The first-order valence-electron chi connectivity index (χ1n) is 9.62. The molecule has 0 aliphatic carbocycles. The number of nitrogens with zero attached hydrogens (tertiary/aromatic N) is 3. The number of aromatic nitrogens is 3. The predicted octanol–water partition coefficient (Wildman–Crippen LogP) is 2.90. The zero-order valence-corrected chi connectivity index (χ0v) is 18.6. The van der Waals surface area contributed by atoms with Gasteiger partial charge in [0.05, 0.1) is 19.8 Å². The standard InChI is InChI=1S/C22H22N4O5S/c1-14(19(28)31-13-15-9-5-4-6-10-15)23-18(27)16-11-7-8-12-17(16)32-22-25-20(29-2)24-21(26-22)30-3/h4-12,14H,13H2,1-3H3,(H,23,27)/t14-/m0/s1. The van der Waals surface area contributed by atoms with Gasteiger partial charge in [0.25, 0.3) is 5.91 Å². The molecule has 0 saturated heterocycles. The van der Waals surface area contributed by atoms with E-state index in [1.165, 1.54) is 14.2 Å². The van der Waals surface area contributed by atoms with Gasteiger partial charge in [-0.3, -0.25) is 4.79 Å². The lowest BCUT2D eigenvalue weighted by molar-refractivity contribution is -0.146. The number of amides is 1. The maximum absolute atomic E-state index is 12.9. The molecule has 0 bridgehead atoms. The quantitative estimate of drug-likeness (QED) is 0.488. The maximum atomic E-state index is 12.9. The van der Waals surface area contributed by atoms with E-state index in [2.05, 4.69) is 20.3 Å². The molecule has 1 amide bonds. The van der Waals surface area contributed by atoms with Gasteiger partial charge in [-0.1, -0.05) is 42.5 Å². The summed E-state index contributed by atoms with van der Waals surface area (Å²) in [6, 6.07) is 15.6. The molecule has 3 aromatic rings. The van der Waals surface area contributed by atoms with E-state index in [4.69, 9.17) is 14.2 Å². The van der Waals surface area contributed by atoms with Crippen molar-refractivity contribution in [2.24, 2.45) is 0 Å². The first-order chi connectivity index (χ1) is 15.5. The lowest BCUT2D eigenvalue weighted by atomic mass is 10.2. The highest BCUT2D eigenvalue weighted by Gasteiger charge is 2.21. The minimum absolute atomic E-state index is 0.0936. The van der Waals surface area contributed by atoms with Gasteiger partial charge in [-0.2, -0.15) is 9.97 Å². The van der Waals surface area contributed by atoms with E-state index in [1.807, 2.05) is 30.3 Å². The van der Waals surface area contributed by atoms with Crippen molar-refractivity contribution in [2.45, 2.75) is 29.6 Å². The Bertz CT molecular complexity index is 1060. The normalized spacial score (nSPS) is 11.3. The van der Waals surface area contributed by atoms with Gasteiger partial charge in [0.1, 0.15) is 12.6 Å². The SMILES string of the molecule is COc1nc(OC)nc(Sc2ccccc2C(=O)N[C@@H](C)C(=O)OCc2ccccc2)n1. The van der Waals surface area contributed by atoms with Crippen LogP contribution in [-0.4, -0.2) is 47.1 Å². The number of hydrogen-bond donors (Lipinski definition) is 1. The van der Waals surface area contributed by atoms with Gasteiger partial charge >= 0.3 is 18.0 Å². The number of esters is 1. The first kappa shape index (κ1) is 23.0. The van der Waals surface area contributed by atoms with Crippen molar-refractivity contribution in [1.29, 1.82) is 0 Å². The van der Waals surface area contributed by atoms with Crippen molar-refractivity contribution in [3.8, 4) is 12.0 Å². The zero-order chi connectivity index (χ0) is 22.9. The number of rotatable bonds is 9. The molecule has 166 valence electrons. The van der Waals surface area contributed by atoms with Gasteiger partial charge in [0.2, 0.25) is 5.16 Å². The van der Waals surface area contributed by atoms with Crippen LogP contribution in [-0.2, 0) is 16.1 Å².